The Bertz CT molecular complexity index is 202. The van der Waals surface area contributed by atoms with Crippen LogP contribution in [0.25, 0.3) is 0 Å². The van der Waals surface area contributed by atoms with Crippen molar-refractivity contribution in [2.75, 3.05) is 0 Å². The molecule has 0 aliphatic carbocycles. The maximum absolute atomic E-state index is 10.4. The van der Waals surface area contributed by atoms with Crippen LogP contribution in [-0.2, 0) is 9.53 Å². The van der Waals surface area contributed by atoms with Gasteiger partial charge in [-0.1, -0.05) is 31.6 Å². The molecule has 1 aliphatic rings. The predicted molar refractivity (Wildman–Crippen MR) is 46.4 cm³/mol. The average molecular weight is 166 g/mol. The van der Waals surface area contributed by atoms with Crippen LogP contribution in [-0.4, -0.2) is 12.1 Å². The van der Waals surface area contributed by atoms with Crippen LogP contribution in [0.3, 0.4) is 0 Å². The molecule has 0 aromatic carbocycles. The van der Waals surface area contributed by atoms with Crippen LogP contribution in [0, 0.1) is 11.8 Å². The van der Waals surface area contributed by atoms with Gasteiger partial charge in [0.05, 0.1) is 6.42 Å². The SMILES string of the molecule is CCCCCC#CC1CC(=O)O1. The van der Waals surface area contributed by atoms with Crippen molar-refractivity contribution in [3.8, 4) is 11.8 Å². The van der Waals surface area contributed by atoms with Gasteiger partial charge in [0.25, 0.3) is 0 Å². The Labute approximate surface area is 73.3 Å². The smallest absolute Gasteiger partial charge is 0.311 e. The van der Waals surface area contributed by atoms with Crippen LogP contribution in [0.15, 0.2) is 0 Å². The van der Waals surface area contributed by atoms with Crippen molar-refractivity contribution >= 4 is 5.97 Å². The molecule has 0 aromatic heterocycles. The third kappa shape index (κ3) is 2.96. The van der Waals surface area contributed by atoms with Gasteiger partial charge in [-0.25, -0.2) is 0 Å². The van der Waals surface area contributed by atoms with Crippen LogP contribution >= 0.6 is 0 Å². The van der Waals surface area contributed by atoms with E-state index >= 15 is 0 Å². The Morgan fingerprint density at radius 3 is 2.92 bits per heavy atom. The molecule has 0 aromatic rings. The monoisotopic (exact) mass is 166 g/mol. The predicted octanol–water partition coefficient (Wildman–Crippen LogP) is 1.89. The van der Waals surface area contributed by atoms with Gasteiger partial charge in [-0.2, -0.15) is 0 Å². The highest BCUT2D eigenvalue weighted by Gasteiger charge is 2.25. The molecule has 0 bridgehead atoms. The Balaban J connectivity index is 2.01. The summed E-state index contributed by atoms with van der Waals surface area (Å²) in [6, 6.07) is 0. The normalized spacial score (nSPS) is 20.4. The summed E-state index contributed by atoms with van der Waals surface area (Å²) in [5, 5.41) is 0. The quantitative estimate of drug-likeness (QED) is 0.363. The molecule has 0 amide bonds. The van der Waals surface area contributed by atoms with Gasteiger partial charge in [0.1, 0.15) is 0 Å². The fourth-order valence-electron chi connectivity index (χ4n) is 1.03. The Morgan fingerprint density at radius 2 is 2.33 bits per heavy atom. The lowest BCUT2D eigenvalue weighted by molar-refractivity contribution is -0.163. The second-order valence-electron chi connectivity index (χ2n) is 2.96. The minimum Gasteiger partial charge on any atom is -0.448 e. The number of rotatable bonds is 3. The van der Waals surface area contributed by atoms with Gasteiger partial charge in [-0.05, 0) is 6.42 Å². The Hall–Kier alpha value is -0.970. The van der Waals surface area contributed by atoms with Crippen molar-refractivity contribution < 1.29 is 9.53 Å². The van der Waals surface area contributed by atoms with Crippen molar-refractivity contribution in [1.29, 1.82) is 0 Å². The first-order valence-corrected chi connectivity index (χ1v) is 4.51. The second-order valence-corrected chi connectivity index (χ2v) is 2.96. The first-order valence-electron chi connectivity index (χ1n) is 4.51. The lowest BCUT2D eigenvalue weighted by atomic mass is 10.1. The van der Waals surface area contributed by atoms with E-state index in [1.165, 1.54) is 12.8 Å². The molecule has 1 saturated heterocycles. The van der Waals surface area contributed by atoms with Gasteiger partial charge < -0.3 is 4.74 Å². The molecule has 1 atom stereocenters. The van der Waals surface area contributed by atoms with Crippen molar-refractivity contribution in [3.05, 3.63) is 0 Å². The van der Waals surface area contributed by atoms with Gasteiger partial charge >= 0.3 is 5.97 Å². The zero-order valence-electron chi connectivity index (χ0n) is 7.43. The van der Waals surface area contributed by atoms with Crippen LogP contribution in [0.2, 0.25) is 0 Å². The average Bonchev–Trinajstić information content (AvgIpc) is 2.00. The molecule has 12 heavy (non-hydrogen) atoms. The molecule has 1 unspecified atom stereocenters. The summed E-state index contributed by atoms with van der Waals surface area (Å²) in [5.74, 6) is 5.81. The maximum Gasteiger partial charge on any atom is 0.311 e. The van der Waals surface area contributed by atoms with E-state index in [0.717, 1.165) is 12.8 Å². The third-order valence-electron chi connectivity index (χ3n) is 1.79. The summed E-state index contributed by atoms with van der Waals surface area (Å²) in [6.07, 6.45) is 4.94. The number of hydrogen-bond acceptors (Lipinski definition) is 2. The number of carbonyl (C=O) groups excluding carboxylic acids is 1. The summed E-state index contributed by atoms with van der Waals surface area (Å²) in [4.78, 5) is 10.4. The number of hydrogen-bond donors (Lipinski definition) is 0. The van der Waals surface area contributed by atoms with Gasteiger partial charge in [0.2, 0.25) is 0 Å². The van der Waals surface area contributed by atoms with Crippen molar-refractivity contribution in [2.24, 2.45) is 0 Å². The lowest BCUT2D eigenvalue weighted by Gasteiger charge is -2.19. The lowest BCUT2D eigenvalue weighted by Crippen LogP contribution is -2.31. The molecule has 1 fully saturated rings. The van der Waals surface area contributed by atoms with Gasteiger partial charge in [0, 0.05) is 6.42 Å². The molecule has 0 spiro atoms. The molecule has 1 heterocycles. The van der Waals surface area contributed by atoms with Gasteiger partial charge in [0.15, 0.2) is 6.10 Å². The van der Waals surface area contributed by atoms with Crippen LogP contribution in [0.1, 0.15) is 39.0 Å². The fraction of sp³-hybridized carbons (Fsp3) is 0.700. The van der Waals surface area contributed by atoms with E-state index in [0.29, 0.717) is 6.42 Å². The van der Waals surface area contributed by atoms with E-state index < -0.39 is 0 Å². The molecular formula is C10H14O2. The first-order chi connectivity index (χ1) is 5.83. The molecule has 66 valence electrons. The standard InChI is InChI=1S/C10H14O2/c1-2-3-4-5-6-7-9-8-10(11)12-9/h9H,2-5,8H2,1H3. The van der Waals surface area contributed by atoms with E-state index in [1.807, 2.05) is 0 Å². The first kappa shape index (κ1) is 9.12. The van der Waals surface area contributed by atoms with Gasteiger partial charge in [-0.3, -0.25) is 4.79 Å². The molecule has 0 radical (unpaired) electrons. The summed E-state index contributed by atoms with van der Waals surface area (Å²) in [6.45, 7) is 2.17. The molecule has 2 heteroatoms. The van der Waals surface area contributed by atoms with Crippen molar-refractivity contribution in [2.45, 2.75) is 45.1 Å². The largest absolute Gasteiger partial charge is 0.448 e. The number of carbonyl (C=O) groups is 1. The summed E-state index contributed by atoms with van der Waals surface area (Å²) >= 11 is 0. The highest BCUT2D eigenvalue weighted by atomic mass is 16.6. The van der Waals surface area contributed by atoms with Crippen molar-refractivity contribution in [1.82, 2.24) is 0 Å². The number of ether oxygens (including phenoxy) is 1. The molecule has 2 nitrogen and oxygen atoms in total. The highest BCUT2D eigenvalue weighted by molar-refractivity contribution is 5.76. The van der Waals surface area contributed by atoms with E-state index in [2.05, 4.69) is 18.8 Å². The number of cyclic esters (lactones) is 1. The minimum absolute atomic E-state index is 0.0980. The number of unbranched alkanes of at least 4 members (excludes halogenated alkanes) is 3. The highest BCUT2D eigenvalue weighted by Crippen LogP contribution is 2.11. The zero-order valence-corrected chi connectivity index (χ0v) is 7.43. The Kier molecular flexibility index (Phi) is 3.66. The minimum atomic E-state index is -0.122. The fourth-order valence-corrected chi connectivity index (χ4v) is 1.03. The van der Waals surface area contributed by atoms with Crippen LogP contribution < -0.4 is 0 Å². The topological polar surface area (TPSA) is 26.3 Å². The molecule has 0 N–H and O–H groups in total. The molecule has 1 aliphatic heterocycles. The maximum atomic E-state index is 10.4. The summed E-state index contributed by atoms with van der Waals surface area (Å²) in [7, 11) is 0. The van der Waals surface area contributed by atoms with E-state index in [4.69, 9.17) is 4.74 Å². The molecule has 0 saturated carbocycles. The van der Waals surface area contributed by atoms with Crippen LogP contribution in [0.4, 0.5) is 0 Å². The third-order valence-corrected chi connectivity index (χ3v) is 1.79. The summed E-state index contributed by atoms with van der Waals surface area (Å²) < 4.78 is 4.73. The van der Waals surface area contributed by atoms with E-state index in [-0.39, 0.29) is 12.1 Å². The van der Waals surface area contributed by atoms with E-state index in [1.54, 1.807) is 0 Å². The zero-order chi connectivity index (χ0) is 8.81. The molecular weight excluding hydrogens is 152 g/mol. The Morgan fingerprint density at radius 1 is 1.58 bits per heavy atom. The number of esters is 1. The second kappa shape index (κ2) is 4.82. The summed E-state index contributed by atoms with van der Waals surface area (Å²) in [5.41, 5.74) is 0. The van der Waals surface area contributed by atoms with Crippen molar-refractivity contribution in [3.63, 3.8) is 0 Å². The van der Waals surface area contributed by atoms with E-state index in [9.17, 15) is 4.79 Å². The van der Waals surface area contributed by atoms with Crippen LogP contribution in [0.5, 0.6) is 0 Å². The van der Waals surface area contributed by atoms with Gasteiger partial charge in [-0.15, -0.1) is 0 Å². The molecule has 1 rings (SSSR count).